The maximum absolute atomic E-state index is 14.0. The summed E-state index contributed by atoms with van der Waals surface area (Å²) in [6, 6.07) is 0. The van der Waals surface area contributed by atoms with Crippen LogP contribution in [0, 0.1) is 30.6 Å². The van der Waals surface area contributed by atoms with Gasteiger partial charge < -0.3 is 30.7 Å². The van der Waals surface area contributed by atoms with Gasteiger partial charge in [-0.1, -0.05) is 45.9 Å². The number of ketones is 2. The number of benzene rings is 1. The van der Waals surface area contributed by atoms with Crippen LogP contribution in [0.4, 0.5) is 0 Å². The van der Waals surface area contributed by atoms with Crippen LogP contribution in [-0.4, -0.2) is 65.7 Å². The summed E-state index contributed by atoms with van der Waals surface area (Å²) >= 11 is 0. The van der Waals surface area contributed by atoms with Crippen molar-refractivity contribution in [2.45, 2.75) is 86.4 Å². The molecule has 0 unspecified atom stereocenters. The molecule has 0 saturated carbocycles. The second-order valence-corrected chi connectivity index (χ2v) is 12.9. The van der Waals surface area contributed by atoms with Crippen molar-refractivity contribution in [1.82, 2.24) is 5.32 Å². The fraction of sp³-hybridized carbons (Fsp3) is 0.528. The van der Waals surface area contributed by atoms with Gasteiger partial charge in [0.1, 0.15) is 23.3 Å². The minimum Gasteiger partial charge on any atom is -0.507 e. The molecular formula is C36H49N3O8. The molecule has 1 amide bonds. The van der Waals surface area contributed by atoms with Crippen LogP contribution in [0.2, 0.25) is 0 Å². The summed E-state index contributed by atoms with van der Waals surface area (Å²) in [6.07, 6.45) is 5.47. The van der Waals surface area contributed by atoms with Crippen LogP contribution >= 0.6 is 0 Å². The first-order valence-electron chi connectivity index (χ1n) is 16.1. The lowest BCUT2D eigenvalue weighted by molar-refractivity contribution is -0.156. The van der Waals surface area contributed by atoms with Crippen LogP contribution in [-0.2, 0) is 14.3 Å². The number of amides is 1. The SMILES string of the molecule is CN=C1C(N)=C2NC(=O)/C(C)=C\C=C\[C@H](C)C[C@@H](C)[C@@H](O)[C@@H](C)[C@H](OC(C)=O)[C@H](C)CCCC(=O)c3c(OC)c(C)c(O)c(c31)C2=O. The lowest BCUT2D eigenvalue weighted by atomic mass is 9.79. The van der Waals surface area contributed by atoms with Crippen LogP contribution in [0.1, 0.15) is 99.1 Å². The summed E-state index contributed by atoms with van der Waals surface area (Å²) in [6.45, 7) is 12.2. The number of esters is 1. The molecule has 1 aliphatic carbocycles. The van der Waals surface area contributed by atoms with E-state index in [9.17, 15) is 29.4 Å². The Morgan fingerprint density at radius 2 is 1.72 bits per heavy atom. The van der Waals surface area contributed by atoms with E-state index in [2.05, 4.69) is 10.3 Å². The summed E-state index contributed by atoms with van der Waals surface area (Å²) in [7, 11) is 2.80. The number of nitrogens with two attached hydrogens (primary N) is 1. The van der Waals surface area contributed by atoms with Crippen LogP contribution in [0.3, 0.4) is 0 Å². The Kier molecular flexibility index (Phi) is 12.3. The Labute approximate surface area is 277 Å². The number of nitrogens with one attached hydrogen (secondary N) is 1. The predicted octanol–water partition coefficient (Wildman–Crippen LogP) is 4.71. The number of aromatic hydroxyl groups is 1. The Bertz CT molecular complexity index is 1550. The first-order chi connectivity index (χ1) is 22.1. The second kappa shape index (κ2) is 15.6. The fourth-order valence-electron chi connectivity index (χ4n) is 6.68. The normalized spacial score (nSPS) is 29.4. The first-order valence-corrected chi connectivity index (χ1v) is 16.1. The minimum absolute atomic E-state index is 0.0315. The summed E-state index contributed by atoms with van der Waals surface area (Å²) < 4.78 is 11.3. The number of methoxy groups -OCH3 is 1. The molecule has 5 N–H and O–H groups in total. The highest BCUT2D eigenvalue weighted by atomic mass is 16.5. The molecule has 0 spiro atoms. The zero-order valence-corrected chi connectivity index (χ0v) is 28.9. The van der Waals surface area contributed by atoms with Crippen LogP contribution < -0.4 is 15.8 Å². The van der Waals surface area contributed by atoms with Crippen molar-refractivity contribution in [2.75, 3.05) is 14.2 Å². The van der Waals surface area contributed by atoms with Gasteiger partial charge in [0.25, 0.3) is 5.91 Å². The third kappa shape index (κ3) is 7.84. The van der Waals surface area contributed by atoms with Gasteiger partial charge in [0.2, 0.25) is 5.78 Å². The third-order valence-corrected chi connectivity index (χ3v) is 9.27. The molecule has 0 fully saturated rings. The van der Waals surface area contributed by atoms with E-state index in [1.807, 2.05) is 33.8 Å². The molecule has 11 nitrogen and oxygen atoms in total. The number of carbonyl (C=O) groups is 4. The highest BCUT2D eigenvalue weighted by molar-refractivity contribution is 6.33. The fourth-order valence-corrected chi connectivity index (χ4v) is 6.68. The highest BCUT2D eigenvalue weighted by Gasteiger charge is 2.39. The van der Waals surface area contributed by atoms with E-state index in [4.69, 9.17) is 15.2 Å². The summed E-state index contributed by atoms with van der Waals surface area (Å²) in [4.78, 5) is 57.5. The van der Waals surface area contributed by atoms with Gasteiger partial charge in [0.05, 0.1) is 35.7 Å². The number of phenols is 1. The summed E-state index contributed by atoms with van der Waals surface area (Å²) in [5, 5.41) is 25.2. The quantitative estimate of drug-likeness (QED) is 0.330. The standard InChI is InChI=1S/C36H49N3O8/c1-17-12-10-14-19(3)36(45)39-30-28(37)29(38-8)26-25(35(46-9)22(6)32(43)27(26)33(30)44)24(41)15-11-13-18(2)34(47-23(7)40)21(5)31(42)20(4)16-17/h10,12,14,17-18,20-21,31,34,42-43H,11,13,15-16,37H2,1-9H3,(H,39,45)/b12-10+,19-14-,38-29?/t17-,18+,20+,21+,31+,34+/m0/s1. The van der Waals surface area contributed by atoms with Crippen molar-refractivity contribution in [3.63, 3.8) is 0 Å². The lowest BCUT2D eigenvalue weighted by Crippen LogP contribution is -2.40. The van der Waals surface area contributed by atoms with Crippen molar-refractivity contribution in [3.05, 3.63) is 57.4 Å². The molecule has 1 aromatic carbocycles. The van der Waals surface area contributed by atoms with Crippen molar-refractivity contribution in [2.24, 2.45) is 34.4 Å². The number of aliphatic hydroxyl groups excluding tert-OH is 1. The molecule has 2 heterocycles. The van der Waals surface area contributed by atoms with E-state index in [1.54, 1.807) is 19.1 Å². The Hall–Kier alpha value is -4.25. The molecular weight excluding hydrogens is 602 g/mol. The topological polar surface area (TPSA) is 178 Å². The number of aliphatic imine (C=N–C) groups is 1. The minimum atomic E-state index is -0.761. The maximum Gasteiger partial charge on any atom is 0.302 e. The van der Waals surface area contributed by atoms with Crippen LogP contribution in [0.5, 0.6) is 11.5 Å². The molecule has 1 aromatic rings. The van der Waals surface area contributed by atoms with E-state index >= 15 is 0 Å². The molecule has 6 atom stereocenters. The average molecular weight is 652 g/mol. The van der Waals surface area contributed by atoms with E-state index in [-0.39, 0.29) is 86.6 Å². The maximum atomic E-state index is 14.0. The number of hydrogen-bond donors (Lipinski definition) is 4. The number of hydrogen-bond acceptors (Lipinski definition) is 10. The van der Waals surface area contributed by atoms with E-state index in [0.29, 0.717) is 19.3 Å². The van der Waals surface area contributed by atoms with Gasteiger partial charge in [-0.2, -0.15) is 0 Å². The molecule has 11 heteroatoms. The number of rotatable bonds is 2. The zero-order chi connectivity index (χ0) is 35.3. The first kappa shape index (κ1) is 37.2. The molecule has 3 aliphatic rings. The molecule has 2 aliphatic heterocycles. The summed E-state index contributed by atoms with van der Waals surface area (Å²) in [5.74, 6) is -3.14. The van der Waals surface area contributed by atoms with Crippen molar-refractivity contribution < 1.29 is 38.9 Å². The number of allylic oxidation sites excluding steroid dienone is 5. The van der Waals surface area contributed by atoms with Crippen molar-refractivity contribution >= 4 is 29.2 Å². The van der Waals surface area contributed by atoms with Crippen LogP contribution in [0.15, 0.2) is 40.2 Å². The van der Waals surface area contributed by atoms with E-state index in [1.165, 1.54) is 28.0 Å². The number of phenolic OH excluding ortho intramolecular Hbond substituents is 1. The largest absolute Gasteiger partial charge is 0.507 e. The van der Waals surface area contributed by atoms with Gasteiger partial charge in [-0.15, -0.1) is 0 Å². The molecule has 256 valence electrons. The number of carbonyl (C=O) groups excluding carboxylic acids is 4. The predicted molar refractivity (Wildman–Crippen MR) is 179 cm³/mol. The number of fused-ring (bicyclic) bond motifs is 15. The molecule has 0 saturated heterocycles. The number of nitrogens with zero attached hydrogens (tertiary/aromatic N) is 1. The highest BCUT2D eigenvalue weighted by Crippen LogP contribution is 2.43. The van der Waals surface area contributed by atoms with Gasteiger partial charge in [-0.05, 0) is 50.9 Å². The Balaban J connectivity index is 2.20. The Morgan fingerprint density at radius 1 is 1.06 bits per heavy atom. The van der Waals surface area contributed by atoms with Gasteiger partial charge >= 0.3 is 5.97 Å². The number of aliphatic hydroxyl groups is 1. The average Bonchev–Trinajstić information content (AvgIpc) is 3.01. The van der Waals surface area contributed by atoms with Gasteiger partial charge in [-0.3, -0.25) is 24.2 Å². The Morgan fingerprint density at radius 3 is 2.32 bits per heavy atom. The van der Waals surface area contributed by atoms with Crippen molar-refractivity contribution in [1.29, 1.82) is 0 Å². The molecule has 4 bridgehead atoms. The van der Waals surface area contributed by atoms with Crippen LogP contribution in [0.25, 0.3) is 0 Å². The summed E-state index contributed by atoms with van der Waals surface area (Å²) in [5.41, 5.74) is 6.47. The van der Waals surface area contributed by atoms with Crippen molar-refractivity contribution in [3.8, 4) is 11.5 Å². The molecule has 0 aromatic heterocycles. The van der Waals surface area contributed by atoms with Gasteiger partial charge in [0, 0.05) is 43.0 Å². The molecule has 4 rings (SSSR count). The third-order valence-electron chi connectivity index (χ3n) is 9.27. The van der Waals surface area contributed by atoms with E-state index < -0.39 is 35.6 Å². The smallest absolute Gasteiger partial charge is 0.302 e. The lowest BCUT2D eigenvalue weighted by Gasteiger charge is -2.35. The van der Waals surface area contributed by atoms with E-state index in [0.717, 1.165) is 0 Å². The number of Topliss-reactive ketones (excluding diaryl/α,β-unsaturated/α-hetero) is 2. The molecule has 47 heavy (non-hydrogen) atoms. The molecule has 0 radical (unpaired) electrons. The zero-order valence-electron chi connectivity index (χ0n) is 28.9. The monoisotopic (exact) mass is 651 g/mol. The number of ether oxygens (including phenoxy) is 2. The van der Waals surface area contributed by atoms with Gasteiger partial charge in [-0.25, -0.2) is 0 Å². The second-order valence-electron chi connectivity index (χ2n) is 12.9. The van der Waals surface area contributed by atoms with Gasteiger partial charge in [0.15, 0.2) is 5.78 Å².